The molecule has 1 aliphatic heterocycles. The lowest BCUT2D eigenvalue weighted by molar-refractivity contribution is -0.384. The van der Waals surface area contributed by atoms with Gasteiger partial charge in [0.05, 0.1) is 15.5 Å². The predicted octanol–water partition coefficient (Wildman–Crippen LogP) is 7.77. The molecule has 0 spiro atoms. The van der Waals surface area contributed by atoms with Crippen LogP contribution in [0.1, 0.15) is 11.1 Å². The Kier molecular flexibility index (Phi) is 7.76. The van der Waals surface area contributed by atoms with E-state index in [9.17, 15) is 14.9 Å². The lowest BCUT2D eigenvalue weighted by Gasteiger charge is -2.13. The van der Waals surface area contributed by atoms with Crippen molar-refractivity contribution in [1.82, 2.24) is 4.90 Å². The molecular formula is C30H22ClN3O4S. The Morgan fingerprint density at radius 1 is 1.05 bits per heavy atom. The van der Waals surface area contributed by atoms with E-state index in [4.69, 9.17) is 21.3 Å². The molecule has 9 heteroatoms. The summed E-state index contributed by atoms with van der Waals surface area (Å²) in [5.41, 5.74) is 1.87. The number of carbonyl (C=O) groups excluding carboxylic acids is 1. The minimum atomic E-state index is -0.482. The largest absolute Gasteiger partial charge is 0.488 e. The standard InChI is InChI=1S/C30H22ClN3O4S/c1-2-15-33-29(35)28(39-30(33)32-26-12-6-9-21-8-3-4-11-25(21)26)18-22-17-24(34(36)37)13-14-27(22)38-19-20-7-5-10-23(31)16-20/h2-14,16-18H,1,15,19H2/b28-18-,32-30?. The minimum Gasteiger partial charge on any atom is -0.488 e. The predicted molar refractivity (Wildman–Crippen MR) is 157 cm³/mol. The van der Waals surface area contributed by atoms with E-state index in [0.717, 1.165) is 22.0 Å². The molecule has 0 atom stereocenters. The van der Waals surface area contributed by atoms with Crippen molar-refractivity contribution in [3.63, 3.8) is 0 Å². The van der Waals surface area contributed by atoms with Crippen molar-refractivity contribution < 1.29 is 14.5 Å². The van der Waals surface area contributed by atoms with Crippen LogP contribution in [0.5, 0.6) is 5.75 Å². The molecule has 1 saturated heterocycles. The molecule has 7 nitrogen and oxygen atoms in total. The van der Waals surface area contributed by atoms with Gasteiger partial charge >= 0.3 is 0 Å². The summed E-state index contributed by atoms with van der Waals surface area (Å²) in [6, 6.07) is 25.3. The Morgan fingerprint density at radius 3 is 2.64 bits per heavy atom. The number of carbonyl (C=O) groups is 1. The van der Waals surface area contributed by atoms with Crippen molar-refractivity contribution in [2.24, 2.45) is 4.99 Å². The molecule has 1 aliphatic rings. The quantitative estimate of drug-likeness (QED) is 0.0959. The molecule has 0 radical (unpaired) electrons. The molecule has 194 valence electrons. The van der Waals surface area contributed by atoms with Crippen molar-refractivity contribution in [1.29, 1.82) is 0 Å². The van der Waals surface area contributed by atoms with Gasteiger partial charge in [0.2, 0.25) is 0 Å². The second-order valence-corrected chi connectivity index (χ2v) is 10.1. The van der Waals surface area contributed by atoms with Crippen LogP contribution < -0.4 is 4.74 Å². The number of benzene rings is 4. The first-order valence-corrected chi connectivity index (χ1v) is 13.2. The molecular weight excluding hydrogens is 534 g/mol. The third-order valence-corrected chi connectivity index (χ3v) is 7.20. The van der Waals surface area contributed by atoms with Crippen LogP contribution in [-0.2, 0) is 11.4 Å². The van der Waals surface area contributed by atoms with Gasteiger partial charge in [0.1, 0.15) is 12.4 Å². The van der Waals surface area contributed by atoms with E-state index in [0.29, 0.717) is 26.4 Å². The van der Waals surface area contributed by atoms with Crippen LogP contribution in [0.15, 0.2) is 107 Å². The molecule has 5 rings (SSSR count). The third kappa shape index (κ3) is 5.87. The fraction of sp³-hybridized carbons (Fsp3) is 0.0667. The molecule has 4 aromatic carbocycles. The molecule has 1 heterocycles. The minimum absolute atomic E-state index is 0.111. The summed E-state index contributed by atoms with van der Waals surface area (Å²) in [6.07, 6.45) is 3.24. The number of hydrogen-bond acceptors (Lipinski definition) is 6. The van der Waals surface area contributed by atoms with Gasteiger partial charge in [-0.15, -0.1) is 6.58 Å². The Hall–Kier alpha value is -4.40. The number of nitro groups is 1. The average molecular weight is 556 g/mol. The van der Waals surface area contributed by atoms with E-state index >= 15 is 0 Å². The SMILES string of the molecule is C=CCN1C(=O)/C(=C/c2cc([N+](=O)[O-])ccc2OCc2cccc(Cl)c2)SC1=Nc1cccc2ccccc12. The highest BCUT2D eigenvalue weighted by Crippen LogP contribution is 2.37. The average Bonchev–Trinajstić information content (AvgIpc) is 3.21. The first kappa shape index (κ1) is 26.2. The van der Waals surface area contributed by atoms with Crippen molar-refractivity contribution in [3.8, 4) is 5.75 Å². The number of rotatable bonds is 8. The van der Waals surface area contributed by atoms with Crippen LogP contribution in [0.2, 0.25) is 5.02 Å². The van der Waals surface area contributed by atoms with Gasteiger partial charge in [-0.25, -0.2) is 4.99 Å². The van der Waals surface area contributed by atoms with Crippen LogP contribution in [-0.4, -0.2) is 27.4 Å². The van der Waals surface area contributed by atoms with Crippen LogP contribution in [0.4, 0.5) is 11.4 Å². The van der Waals surface area contributed by atoms with Crippen molar-refractivity contribution in [2.45, 2.75) is 6.61 Å². The third-order valence-electron chi connectivity index (χ3n) is 5.96. The molecule has 0 bridgehead atoms. The summed E-state index contributed by atoms with van der Waals surface area (Å²) >= 11 is 7.28. The van der Waals surface area contributed by atoms with Gasteiger partial charge in [-0.3, -0.25) is 19.8 Å². The molecule has 1 fully saturated rings. The van der Waals surface area contributed by atoms with Gasteiger partial charge in [-0.2, -0.15) is 0 Å². The van der Waals surface area contributed by atoms with Gasteiger partial charge in [0.25, 0.3) is 11.6 Å². The lowest BCUT2D eigenvalue weighted by atomic mass is 10.1. The van der Waals surface area contributed by atoms with Crippen LogP contribution >= 0.6 is 23.4 Å². The maximum absolute atomic E-state index is 13.4. The second-order valence-electron chi connectivity index (χ2n) is 8.61. The van der Waals surface area contributed by atoms with E-state index < -0.39 is 4.92 Å². The summed E-state index contributed by atoms with van der Waals surface area (Å²) < 4.78 is 6.00. The molecule has 39 heavy (non-hydrogen) atoms. The summed E-state index contributed by atoms with van der Waals surface area (Å²) in [5, 5.41) is 14.6. The van der Waals surface area contributed by atoms with Crippen molar-refractivity contribution in [3.05, 3.63) is 129 Å². The number of halogens is 1. The highest BCUT2D eigenvalue weighted by atomic mass is 35.5. The maximum atomic E-state index is 13.4. The molecule has 0 saturated carbocycles. The zero-order valence-corrected chi connectivity index (χ0v) is 22.2. The summed E-state index contributed by atoms with van der Waals surface area (Å²) in [6.45, 7) is 4.25. The number of fused-ring (bicyclic) bond motifs is 1. The number of non-ortho nitro benzene ring substituents is 1. The van der Waals surface area contributed by atoms with Crippen LogP contribution in [0, 0.1) is 10.1 Å². The lowest BCUT2D eigenvalue weighted by Crippen LogP contribution is -2.29. The number of nitrogens with zero attached hydrogens (tertiary/aromatic N) is 3. The Morgan fingerprint density at radius 2 is 1.85 bits per heavy atom. The molecule has 0 aliphatic carbocycles. The van der Waals surface area contributed by atoms with Gasteiger partial charge in [0, 0.05) is 34.6 Å². The smallest absolute Gasteiger partial charge is 0.270 e. The number of thioether (sulfide) groups is 1. The summed E-state index contributed by atoms with van der Waals surface area (Å²) in [5.74, 6) is 0.127. The normalized spacial score (nSPS) is 15.3. The topological polar surface area (TPSA) is 85.0 Å². The number of hydrogen-bond donors (Lipinski definition) is 0. The maximum Gasteiger partial charge on any atom is 0.270 e. The zero-order chi connectivity index (χ0) is 27.4. The number of aliphatic imine (C=N–C) groups is 1. The first-order chi connectivity index (χ1) is 18.9. The Labute approximate surface area is 234 Å². The molecule has 0 N–H and O–H groups in total. The van der Waals surface area contributed by atoms with Gasteiger partial charge in [0.15, 0.2) is 5.17 Å². The number of ether oxygens (including phenoxy) is 1. The van der Waals surface area contributed by atoms with Gasteiger partial charge in [-0.1, -0.05) is 66.2 Å². The van der Waals surface area contributed by atoms with Crippen molar-refractivity contribution in [2.75, 3.05) is 6.54 Å². The van der Waals surface area contributed by atoms with E-state index in [-0.39, 0.29) is 24.7 Å². The zero-order valence-electron chi connectivity index (χ0n) is 20.6. The fourth-order valence-corrected chi connectivity index (χ4v) is 5.32. The highest BCUT2D eigenvalue weighted by Gasteiger charge is 2.33. The molecule has 0 unspecified atom stereocenters. The molecule has 4 aromatic rings. The Bertz CT molecular complexity index is 1660. The van der Waals surface area contributed by atoms with E-state index in [1.54, 1.807) is 24.3 Å². The first-order valence-electron chi connectivity index (χ1n) is 12.0. The van der Waals surface area contributed by atoms with E-state index in [2.05, 4.69) is 6.58 Å². The van der Waals surface area contributed by atoms with E-state index in [1.807, 2.05) is 54.6 Å². The van der Waals surface area contributed by atoms with Crippen LogP contribution in [0.25, 0.3) is 16.8 Å². The van der Waals surface area contributed by atoms with Gasteiger partial charge in [-0.05, 0) is 53.1 Å². The molecule has 1 amide bonds. The number of amides is 1. The van der Waals surface area contributed by atoms with Gasteiger partial charge < -0.3 is 4.74 Å². The Balaban J connectivity index is 1.52. The summed E-state index contributed by atoms with van der Waals surface area (Å²) in [7, 11) is 0. The van der Waals surface area contributed by atoms with Crippen LogP contribution in [0.3, 0.4) is 0 Å². The second kappa shape index (κ2) is 11.6. The fourth-order valence-electron chi connectivity index (χ4n) is 4.11. The van der Waals surface area contributed by atoms with Crippen molar-refractivity contribution >= 4 is 62.7 Å². The van der Waals surface area contributed by atoms with E-state index in [1.165, 1.54) is 34.9 Å². The monoisotopic (exact) mass is 555 g/mol. The highest BCUT2D eigenvalue weighted by molar-refractivity contribution is 8.18. The summed E-state index contributed by atoms with van der Waals surface area (Å²) in [4.78, 5) is 31.2. The number of nitro benzene ring substituents is 1. The molecule has 0 aromatic heterocycles. The number of amidine groups is 1.